The number of rotatable bonds is 15. The molecule has 0 aromatic heterocycles. The zero-order valence-electron chi connectivity index (χ0n) is 21.5. The summed E-state index contributed by atoms with van der Waals surface area (Å²) in [6.45, 7) is 6.38. The molecule has 0 aliphatic heterocycles. The average Bonchev–Trinajstić information content (AvgIpc) is 2.83. The van der Waals surface area contributed by atoms with Gasteiger partial charge in [0.15, 0.2) is 0 Å². The maximum Gasteiger partial charge on any atom is 0.343 e. The monoisotopic (exact) mass is 500 g/mol. The molecule has 0 saturated carbocycles. The van der Waals surface area contributed by atoms with Gasteiger partial charge in [-0.25, -0.2) is 14.0 Å². The maximum absolute atomic E-state index is 14.4. The molecule has 6 nitrogen and oxygen atoms in total. The van der Waals surface area contributed by atoms with Gasteiger partial charge in [0.25, 0.3) is 0 Å². The minimum Gasteiger partial charge on any atom is -0.462 e. The first-order valence-corrected chi connectivity index (χ1v) is 12.8. The van der Waals surface area contributed by atoms with Crippen LogP contribution < -0.4 is 9.47 Å². The van der Waals surface area contributed by atoms with Gasteiger partial charge in [-0.1, -0.05) is 59.3 Å². The second-order valence-corrected chi connectivity index (χ2v) is 9.22. The second kappa shape index (κ2) is 15.7. The third-order valence-corrected chi connectivity index (χ3v) is 5.61. The summed E-state index contributed by atoms with van der Waals surface area (Å²) in [5.74, 6) is -1.95. The largest absolute Gasteiger partial charge is 0.462 e. The summed E-state index contributed by atoms with van der Waals surface area (Å²) in [7, 11) is 0. The maximum atomic E-state index is 14.4. The normalized spacial score (nSPS) is 10.8. The number of hydrogen-bond donors (Lipinski definition) is 0. The summed E-state index contributed by atoms with van der Waals surface area (Å²) in [5, 5.41) is 0. The van der Waals surface area contributed by atoms with Crippen LogP contribution in [0.3, 0.4) is 0 Å². The van der Waals surface area contributed by atoms with E-state index in [-0.39, 0.29) is 29.5 Å². The van der Waals surface area contributed by atoms with Crippen molar-refractivity contribution in [3.63, 3.8) is 0 Å². The minimum atomic E-state index is -0.835. The highest BCUT2D eigenvalue weighted by atomic mass is 19.1. The van der Waals surface area contributed by atoms with Crippen LogP contribution in [0.2, 0.25) is 0 Å². The lowest BCUT2D eigenvalue weighted by Crippen LogP contribution is -2.12. The molecule has 0 aliphatic carbocycles. The lowest BCUT2D eigenvalue weighted by molar-refractivity contribution is -0.134. The fourth-order valence-electron chi connectivity index (χ4n) is 3.42. The van der Waals surface area contributed by atoms with Crippen molar-refractivity contribution in [3.05, 3.63) is 59.4 Å². The predicted molar refractivity (Wildman–Crippen MR) is 136 cm³/mol. The van der Waals surface area contributed by atoms with Crippen LogP contribution in [0, 0.1) is 11.7 Å². The molecule has 7 heteroatoms. The zero-order valence-corrected chi connectivity index (χ0v) is 21.5. The number of ether oxygens (including phenoxy) is 3. The molecule has 196 valence electrons. The smallest absolute Gasteiger partial charge is 0.343 e. The van der Waals surface area contributed by atoms with Crippen molar-refractivity contribution in [1.29, 1.82) is 0 Å². The molecule has 0 heterocycles. The number of hydrogen-bond acceptors (Lipinski definition) is 6. The SMILES string of the molecule is CCCCCCCCCC(=O)Oc1ccc(C(=O)Oc2ccc(C(=O)OCCC(C)C)c(F)c2)cc1. The van der Waals surface area contributed by atoms with Crippen LogP contribution in [0.25, 0.3) is 0 Å². The number of carbonyl (C=O) groups excluding carboxylic acids is 3. The summed E-state index contributed by atoms with van der Waals surface area (Å²) in [4.78, 5) is 36.5. The van der Waals surface area contributed by atoms with Gasteiger partial charge in [0, 0.05) is 12.5 Å². The second-order valence-electron chi connectivity index (χ2n) is 9.22. The Bertz CT molecular complexity index is 984. The number of benzene rings is 2. The summed E-state index contributed by atoms with van der Waals surface area (Å²) in [5.41, 5.74) is -0.0133. The minimum absolute atomic E-state index is 0.0403. The van der Waals surface area contributed by atoms with Gasteiger partial charge in [0.1, 0.15) is 17.3 Å². The van der Waals surface area contributed by atoms with E-state index in [1.54, 1.807) is 0 Å². The van der Waals surface area contributed by atoms with Crippen molar-refractivity contribution in [2.45, 2.75) is 78.6 Å². The van der Waals surface area contributed by atoms with Crippen LogP contribution in [-0.2, 0) is 9.53 Å². The molecule has 0 N–H and O–H groups in total. The lowest BCUT2D eigenvalue weighted by atomic mass is 10.1. The molecule has 0 aliphatic rings. The molecule has 2 rings (SSSR count). The average molecular weight is 501 g/mol. The van der Waals surface area contributed by atoms with E-state index in [1.165, 1.54) is 62.1 Å². The van der Waals surface area contributed by atoms with E-state index in [4.69, 9.17) is 14.2 Å². The summed E-state index contributed by atoms with van der Waals surface area (Å²) < 4.78 is 30.0. The molecular weight excluding hydrogens is 463 g/mol. The Morgan fingerprint density at radius 3 is 2.08 bits per heavy atom. The van der Waals surface area contributed by atoms with E-state index < -0.39 is 17.8 Å². The Morgan fingerprint density at radius 2 is 1.44 bits per heavy atom. The van der Waals surface area contributed by atoms with Crippen LogP contribution >= 0.6 is 0 Å². The Morgan fingerprint density at radius 1 is 0.806 bits per heavy atom. The molecule has 2 aromatic rings. The van der Waals surface area contributed by atoms with E-state index in [1.807, 2.05) is 13.8 Å². The van der Waals surface area contributed by atoms with Crippen LogP contribution in [0.15, 0.2) is 42.5 Å². The Labute approximate surface area is 213 Å². The van der Waals surface area contributed by atoms with E-state index >= 15 is 0 Å². The first-order chi connectivity index (χ1) is 17.3. The van der Waals surface area contributed by atoms with Crippen molar-refractivity contribution in [2.75, 3.05) is 6.61 Å². The van der Waals surface area contributed by atoms with Gasteiger partial charge < -0.3 is 14.2 Å². The van der Waals surface area contributed by atoms with Crippen molar-refractivity contribution in [3.8, 4) is 11.5 Å². The van der Waals surface area contributed by atoms with Crippen LogP contribution in [-0.4, -0.2) is 24.5 Å². The Balaban J connectivity index is 1.80. The molecule has 0 bridgehead atoms. The standard InChI is InChI=1S/C29H37FO6/c1-4-5-6-7-8-9-10-11-27(31)35-23-14-12-22(13-15-23)28(32)36-24-16-17-25(26(30)20-24)29(33)34-19-18-21(2)3/h12-17,20-21H,4-11,18-19H2,1-3H3. The molecule has 36 heavy (non-hydrogen) atoms. The third-order valence-electron chi connectivity index (χ3n) is 5.61. The molecule has 0 atom stereocenters. The summed E-state index contributed by atoms with van der Waals surface area (Å²) in [6.07, 6.45) is 8.86. The summed E-state index contributed by atoms with van der Waals surface area (Å²) in [6, 6.07) is 9.48. The molecule has 0 amide bonds. The van der Waals surface area contributed by atoms with Crippen molar-refractivity contribution < 1.29 is 33.0 Å². The van der Waals surface area contributed by atoms with Crippen molar-refractivity contribution >= 4 is 17.9 Å². The number of carbonyl (C=O) groups is 3. The Hall–Kier alpha value is -3.22. The molecule has 0 saturated heterocycles. The van der Waals surface area contributed by atoms with Gasteiger partial charge >= 0.3 is 17.9 Å². The number of halogens is 1. The van der Waals surface area contributed by atoms with Crippen LogP contribution in [0.1, 0.15) is 99.3 Å². The van der Waals surface area contributed by atoms with Crippen molar-refractivity contribution in [2.24, 2.45) is 5.92 Å². The fourth-order valence-corrected chi connectivity index (χ4v) is 3.42. The predicted octanol–water partition coefficient (Wildman–Crippen LogP) is 7.29. The molecular formula is C29H37FO6. The van der Waals surface area contributed by atoms with E-state index in [0.29, 0.717) is 24.5 Å². The first kappa shape index (κ1) is 29.0. The topological polar surface area (TPSA) is 78.9 Å². The van der Waals surface area contributed by atoms with Gasteiger partial charge in [0.2, 0.25) is 0 Å². The van der Waals surface area contributed by atoms with Crippen LogP contribution in [0.5, 0.6) is 11.5 Å². The van der Waals surface area contributed by atoms with Gasteiger partial charge in [-0.15, -0.1) is 0 Å². The molecule has 0 spiro atoms. The van der Waals surface area contributed by atoms with E-state index in [0.717, 1.165) is 25.3 Å². The zero-order chi connectivity index (χ0) is 26.3. The molecule has 0 unspecified atom stereocenters. The molecule has 0 radical (unpaired) electrons. The van der Waals surface area contributed by atoms with Crippen molar-refractivity contribution in [1.82, 2.24) is 0 Å². The Kier molecular flexibility index (Phi) is 12.7. The first-order valence-electron chi connectivity index (χ1n) is 12.8. The van der Waals surface area contributed by atoms with E-state index in [9.17, 15) is 18.8 Å². The quantitative estimate of drug-likeness (QED) is 0.145. The highest BCUT2D eigenvalue weighted by Crippen LogP contribution is 2.20. The van der Waals surface area contributed by atoms with Gasteiger partial charge in [-0.3, -0.25) is 4.79 Å². The lowest BCUT2D eigenvalue weighted by Gasteiger charge is -2.09. The highest BCUT2D eigenvalue weighted by Gasteiger charge is 2.16. The van der Waals surface area contributed by atoms with Crippen LogP contribution in [0.4, 0.5) is 4.39 Å². The fraction of sp³-hybridized carbons (Fsp3) is 0.483. The van der Waals surface area contributed by atoms with Gasteiger partial charge in [-0.2, -0.15) is 0 Å². The third kappa shape index (κ3) is 10.6. The van der Waals surface area contributed by atoms with E-state index in [2.05, 4.69) is 6.92 Å². The number of unbranched alkanes of at least 4 members (excludes halogenated alkanes) is 6. The molecule has 0 fully saturated rings. The number of esters is 3. The van der Waals surface area contributed by atoms with Gasteiger partial charge in [0.05, 0.1) is 17.7 Å². The molecule has 2 aromatic carbocycles. The summed E-state index contributed by atoms with van der Waals surface area (Å²) >= 11 is 0. The van der Waals surface area contributed by atoms with Gasteiger partial charge in [-0.05, 0) is 55.2 Å². The highest BCUT2D eigenvalue weighted by molar-refractivity contribution is 5.92.